The molecule has 4 heteroatoms. The van der Waals surface area contributed by atoms with Crippen molar-refractivity contribution in [3.63, 3.8) is 0 Å². The Bertz CT molecular complexity index is 927. The maximum absolute atomic E-state index is 12.8. The number of Topliss-reactive ketones (excluding diaryl/α,β-unsaturated/α-hetero) is 1. The smallest absolute Gasteiger partial charge is 0.183 e. The molecule has 0 saturated carbocycles. The number of rotatable bonds is 4. The molecule has 1 aromatic carbocycles. The Morgan fingerprint density at radius 2 is 1.88 bits per heavy atom. The molecular weight excluding hydrogens is 310 g/mol. The van der Waals surface area contributed by atoms with Crippen LogP contribution >= 0.6 is 0 Å². The maximum Gasteiger partial charge on any atom is 0.183 e. The molecule has 0 aliphatic heterocycles. The number of para-hydroxylation sites is 1. The molecule has 3 rings (SSSR count). The first-order chi connectivity index (χ1) is 11.8. The van der Waals surface area contributed by atoms with Crippen LogP contribution in [-0.4, -0.2) is 21.9 Å². The number of pyridine rings is 1. The van der Waals surface area contributed by atoms with Gasteiger partial charge in [0.2, 0.25) is 0 Å². The average Bonchev–Trinajstić information content (AvgIpc) is 2.87. The molecule has 0 fully saturated rings. The van der Waals surface area contributed by atoms with Crippen molar-refractivity contribution in [2.45, 2.75) is 40.2 Å². The molecule has 0 bridgehead atoms. The van der Waals surface area contributed by atoms with Crippen molar-refractivity contribution in [3.05, 3.63) is 59.5 Å². The molecule has 130 valence electrons. The first-order valence-corrected chi connectivity index (χ1v) is 8.59. The summed E-state index contributed by atoms with van der Waals surface area (Å²) in [7, 11) is 0. The van der Waals surface area contributed by atoms with E-state index in [-0.39, 0.29) is 17.9 Å². The van der Waals surface area contributed by atoms with Gasteiger partial charge in [-0.05, 0) is 52.8 Å². The molecule has 4 nitrogen and oxygen atoms in total. The zero-order chi connectivity index (χ0) is 18.2. The van der Waals surface area contributed by atoms with Gasteiger partial charge in [-0.2, -0.15) is 0 Å². The standard InChI is InChI=1S/C21H25N3O/c1-14-12-17(15(2)24(14)21(3,4)5)19(25)13-23-18-10-6-8-16-9-7-11-22-20(16)18/h6-12,23H,13H2,1-5H3. The monoisotopic (exact) mass is 335 g/mol. The van der Waals surface area contributed by atoms with Crippen LogP contribution in [-0.2, 0) is 5.54 Å². The second-order valence-electron chi connectivity index (χ2n) is 7.45. The van der Waals surface area contributed by atoms with Gasteiger partial charge >= 0.3 is 0 Å². The normalized spacial score (nSPS) is 11.7. The molecule has 3 aromatic rings. The van der Waals surface area contributed by atoms with E-state index in [1.54, 1.807) is 6.20 Å². The van der Waals surface area contributed by atoms with E-state index in [0.29, 0.717) is 0 Å². The van der Waals surface area contributed by atoms with E-state index in [1.807, 2.05) is 43.3 Å². The fourth-order valence-electron chi connectivity index (χ4n) is 3.59. The summed E-state index contributed by atoms with van der Waals surface area (Å²) in [5, 5.41) is 4.32. The largest absolute Gasteiger partial charge is 0.376 e. The van der Waals surface area contributed by atoms with Crippen LogP contribution in [0.4, 0.5) is 5.69 Å². The molecule has 0 spiro atoms. The highest BCUT2D eigenvalue weighted by molar-refractivity contribution is 6.01. The highest BCUT2D eigenvalue weighted by Crippen LogP contribution is 2.25. The molecule has 0 amide bonds. The van der Waals surface area contributed by atoms with Crippen LogP contribution in [0.15, 0.2) is 42.6 Å². The Labute approximate surface area is 148 Å². The molecule has 0 saturated heterocycles. The number of carbonyl (C=O) groups is 1. The molecule has 1 N–H and O–H groups in total. The maximum atomic E-state index is 12.8. The number of benzene rings is 1. The van der Waals surface area contributed by atoms with Gasteiger partial charge in [0.1, 0.15) is 0 Å². The van der Waals surface area contributed by atoms with Gasteiger partial charge in [0.05, 0.1) is 17.7 Å². The Kier molecular flexibility index (Phi) is 4.38. The van der Waals surface area contributed by atoms with Gasteiger partial charge in [0.15, 0.2) is 5.78 Å². The molecule has 0 atom stereocenters. The van der Waals surface area contributed by atoms with Gasteiger partial charge in [-0.25, -0.2) is 0 Å². The fraction of sp³-hybridized carbons (Fsp3) is 0.333. The summed E-state index contributed by atoms with van der Waals surface area (Å²) < 4.78 is 2.22. The van der Waals surface area contributed by atoms with E-state index in [0.717, 1.165) is 33.5 Å². The number of anilines is 1. The Morgan fingerprint density at radius 3 is 2.56 bits per heavy atom. The molecule has 0 unspecified atom stereocenters. The topological polar surface area (TPSA) is 46.9 Å². The lowest BCUT2D eigenvalue weighted by Gasteiger charge is -2.25. The third-order valence-corrected chi connectivity index (χ3v) is 4.47. The summed E-state index contributed by atoms with van der Waals surface area (Å²) in [5.41, 5.74) is 4.65. The summed E-state index contributed by atoms with van der Waals surface area (Å²) >= 11 is 0. The van der Waals surface area contributed by atoms with E-state index in [9.17, 15) is 4.79 Å². The fourth-order valence-corrected chi connectivity index (χ4v) is 3.59. The predicted octanol–water partition coefficient (Wildman–Crippen LogP) is 4.70. The molecule has 0 aliphatic rings. The SMILES string of the molecule is Cc1cc(C(=O)CNc2cccc3cccnc23)c(C)n1C(C)(C)C. The number of nitrogens with zero attached hydrogens (tertiary/aromatic N) is 2. The van der Waals surface area contributed by atoms with Gasteiger partial charge in [0, 0.05) is 34.1 Å². The number of hydrogen-bond donors (Lipinski definition) is 1. The Morgan fingerprint density at radius 1 is 1.16 bits per heavy atom. The lowest BCUT2D eigenvalue weighted by Crippen LogP contribution is -2.24. The molecule has 25 heavy (non-hydrogen) atoms. The highest BCUT2D eigenvalue weighted by Gasteiger charge is 2.22. The summed E-state index contributed by atoms with van der Waals surface area (Å²) in [6.07, 6.45) is 1.77. The Balaban J connectivity index is 1.84. The average molecular weight is 335 g/mol. The minimum absolute atomic E-state index is 0.0420. The summed E-state index contributed by atoms with van der Waals surface area (Å²) in [5.74, 6) is 0.0940. The number of hydrogen-bond acceptors (Lipinski definition) is 3. The number of aromatic nitrogens is 2. The zero-order valence-electron chi connectivity index (χ0n) is 15.6. The third kappa shape index (κ3) is 3.29. The number of ketones is 1. The molecule has 0 aliphatic carbocycles. The first kappa shape index (κ1) is 17.2. The summed E-state index contributed by atoms with van der Waals surface area (Å²) in [4.78, 5) is 17.2. The van der Waals surface area contributed by atoms with E-state index in [2.05, 4.69) is 42.6 Å². The van der Waals surface area contributed by atoms with Crippen molar-refractivity contribution in [2.75, 3.05) is 11.9 Å². The number of aryl methyl sites for hydroxylation is 1. The lowest BCUT2D eigenvalue weighted by atomic mass is 10.1. The van der Waals surface area contributed by atoms with E-state index >= 15 is 0 Å². The second-order valence-corrected chi connectivity index (χ2v) is 7.45. The zero-order valence-corrected chi connectivity index (χ0v) is 15.6. The number of carbonyl (C=O) groups excluding carboxylic acids is 1. The van der Waals surface area contributed by atoms with Gasteiger partial charge in [-0.1, -0.05) is 18.2 Å². The first-order valence-electron chi connectivity index (χ1n) is 8.59. The number of fused-ring (bicyclic) bond motifs is 1. The van der Waals surface area contributed by atoms with Crippen molar-refractivity contribution in [3.8, 4) is 0 Å². The van der Waals surface area contributed by atoms with Gasteiger partial charge in [0.25, 0.3) is 0 Å². The van der Waals surface area contributed by atoms with Gasteiger partial charge in [-0.3, -0.25) is 9.78 Å². The van der Waals surface area contributed by atoms with Crippen LogP contribution in [0.1, 0.15) is 42.5 Å². The van der Waals surface area contributed by atoms with Crippen molar-refractivity contribution >= 4 is 22.4 Å². The van der Waals surface area contributed by atoms with Crippen molar-refractivity contribution in [1.29, 1.82) is 0 Å². The summed E-state index contributed by atoms with van der Waals surface area (Å²) in [6, 6.07) is 11.9. The minimum atomic E-state index is -0.0420. The van der Waals surface area contributed by atoms with Gasteiger partial charge < -0.3 is 9.88 Å². The van der Waals surface area contributed by atoms with Crippen molar-refractivity contribution < 1.29 is 4.79 Å². The summed E-state index contributed by atoms with van der Waals surface area (Å²) in [6.45, 7) is 10.8. The highest BCUT2D eigenvalue weighted by atomic mass is 16.1. The van der Waals surface area contributed by atoms with Crippen LogP contribution in [0.2, 0.25) is 0 Å². The van der Waals surface area contributed by atoms with Crippen LogP contribution in [0.3, 0.4) is 0 Å². The molecule has 2 aromatic heterocycles. The predicted molar refractivity (Wildman–Crippen MR) is 103 cm³/mol. The van der Waals surface area contributed by atoms with E-state index < -0.39 is 0 Å². The van der Waals surface area contributed by atoms with Crippen LogP contribution in [0, 0.1) is 13.8 Å². The molecular formula is C21H25N3O. The van der Waals surface area contributed by atoms with E-state index in [4.69, 9.17) is 0 Å². The molecule has 0 radical (unpaired) electrons. The Hall–Kier alpha value is -2.62. The van der Waals surface area contributed by atoms with Crippen molar-refractivity contribution in [2.24, 2.45) is 0 Å². The van der Waals surface area contributed by atoms with Crippen LogP contribution < -0.4 is 5.32 Å². The molecule has 2 heterocycles. The van der Waals surface area contributed by atoms with E-state index in [1.165, 1.54) is 0 Å². The van der Waals surface area contributed by atoms with Crippen LogP contribution in [0.5, 0.6) is 0 Å². The number of nitrogens with one attached hydrogen (secondary N) is 1. The van der Waals surface area contributed by atoms with Crippen molar-refractivity contribution in [1.82, 2.24) is 9.55 Å². The van der Waals surface area contributed by atoms with Gasteiger partial charge in [-0.15, -0.1) is 0 Å². The quantitative estimate of drug-likeness (QED) is 0.703. The lowest BCUT2D eigenvalue weighted by molar-refractivity contribution is 0.101. The minimum Gasteiger partial charge on any atom is -0.376 e. The second kappa shape index (κ2) is 6.36. The van der Waals surface area contributed by atoms with Crippen LogP contribution in [0.25, 0.3) is 10.9 Å². The third-order valence-electron chi connectivity index (χ3n) is 4.47.